The molecule has 0 aliphatic rings. The molecular weight excluding hydrogens is 392 g/mol. The van der Waals surface area contributed by atoms with Gasteiger partial charge < -0.3 is 24.7 Å². The molecule has 3 aromatic rings. The molecule has 1 atom stereocenters. The molecule has 2 heterocycles. The SMILES string of the molecule is COc1cc([C@H](CC(=O)NCc2ncn(C)n2)c2oc(C)cc(=O)c2O)ccc1O. The van der Waals surface area contributed by atoms with E-state index in [-0.39, 0.29) is 36.1 Å². The molecule has 10 nitrogen and oxygen atoms in total. The summed E-state index contributed by atoms with van der Waals surface area (Å²) in [5, 5.41) is 27.0. The van der Waals surface area contributed by atoms with Crippen molar-refractivity contribution < 1.29 is 24.2 Å². The third kappa shape index (κ3) is 4.59. The van der Waals surface area contributed by atoms with Gasteiger partial charge in [-0.25, -0.2) is 4.98 Å². The van der Waals surface area contributed by atoms with Crippen LogP contribution < -0.4 is 15.5 Å². The molecule has 1 amide bonds. The van der Waals surface area contributed by atoms with Gasteiger partial charge in [0.15, 0.2) is 23.1 Å². The van der Waals surface area contributed by atoms with Crippen LogP contribution in [0.15, 0.2) is 39.8 Å². The van der Waals surface area contributed by atoms with E-state index in [2.05, 4.69) is 15.4 Å². The number of ether oxygens (including phenoxy) is 1. The maximum absolute atomic E-state index is 12.6. The van der Waals surface area contributed by atoms with E-state index in [1.807, 2.05) is 0 Å². The first-order valence-corrected chi connectivity index (χ1v) is 9.10. The third-order valence-corrected chi connectivity index (χ3v) is 4.47. The van der Waals surface area contributed by atoms with E-state index < -0.39 is 17.1 Å². The average molecular weight is 414 g/mol. The van der Waals surface area contributed by atoms with Gasteiger partial charge in [0.25, 0.3) is 0 Å². The van der Waals surface area contributed by atoms with Crippen LogP contribution in [0.3, 0.4) is 0 Å². The second-order valence-electron chi connectivity index (χ2n) is 6.73. The largest absolute Gasteiger partial charge is 0.504 e. The number of nitrogens with zero attached hydrogens (tertiary/aromatic N) is 3. The molecule has 0 bridgehead atoms. The summed E-state index contributed by atoms with van der Waals surface area (Å²) < 4.78 is 12.3. The summed E-state index contributed by atoms with van der Waals surface area (Å²) >= 11 is 0. The van der Waals surface area contributed by atoms with Crippen molar-refractivity contribution in [1.29, 1.82) is 0 Å². The zero-order valence-electron chi connectivity index (χ0n) is 16.7. The first-order chi connectivity index (χ1) is 14.3. The molecule has 0 fully saturated rings. The van der Waals surface area contributed by atoms with Crippen LogP contribution in [0.1, 0.15) is 35.2 Å². The van der Waals surface area contributed by atoms with Crippen LogP contribution in [-0.4, -0.2) is 38.0 Å². The summed E-state index contributed by atoms with van der Waals surface area (Å²) in [4.78, 5) is 28.8. The molecular formula is C20H22N4O6. The van der Waals surface area contributed by atoms with Gasteiger partial charge in [-0.2, -0.15) is 5.10 Å². The highest BCUT2D eigenvalue weighted by Gasteiger charge is 2.26. The Morgan fingerprint density at radius 2 is 2.10 bits per heavy atom. The Morgan fingerprint density at radius 3 is 2.77 bits per heavy atom. The number of carbonyl (C=O) groups is 1. The lowest BCUT2D eigenvalue weighted by Crippen LogP contribution is -2.26. The number of hydrogen-bond acceptors (Lipinski definition) is 8. The van der Waals surface area contributed by atoms with Crippen molar-refractivity contribution in [3.05, 3.63) is 63.7 Å². The van der Waals surface area contributed by atoms with Gasteiger partial charge >= 0.3 is 0 Å². The van der Waals surface area contributed by atoms with E-state index in [1.165, 1.54) is 36.3 Å². The zero-order chi connectivity index (χ0) is 21.8. The van der Waals surface area contributed by atoms with Crippen molar-refractivity contribution in [1.82, 2.24) is 20.1 Å². The minimum atomic E-state index is -0.802. The molecule has 3 rings (SSSR count). The number of benzene rings is 1. The van der Waals surface area contributed by atoms with Crippen LogP contribution in [-0.2, 0) is 18.4 Å². The number of amides is 1. The Kier molecular flexibility index (Phi) is 6.05. The van der Waals surface area contributed by atoms with Crippen molar-refractivity contribution >= 4 is 5.91 Å². The van der Waals surface area contributed by atoms with E-state index in [0.29, 0.717) is 17.1 Å². The smallest absolute Gasteiger partial charge is 0.227 e. The molecule has 2 aromatic heterocycles. The molecule has 0 unspecified atom stereocenters. The summed E-state index contributed by atoms with van der Waals surface area (Å²) in [5.41, 5.74) is -0.0950. The van der Waals surface area contributed by atoms with Crippen molar-refractivity contribution in [3.8, 4) is 17.2 Å². The van der Waals surface area contributed by atoms with Crippen LogP contribution in [0.25, 0.3) is 0 Å². The molecule has 0 aliphatic heterocycles. The number of methoxy groups -OCH3 is 1. The average Bonchev–Trinajstić information content (AvgIpc) is 3.13. The van der Waals surface area contributed by atoms with Crippen molar-refractivity contribution in [2.45, 2.75) is 25.8 Å². The van der Waals surface area contributed by atoms with Crippen LogP contribution in [0.4, 0.5) is 0 Å². The van der Waals surface area contributed by atoms with Gasteiger partial charge in [0, 0.05) is 19.5 Å². The van der Waals surface area contributed by atoms with Gasteiger partial charge in [-0.05, 0) is 24.6 Å². The minimum Gasteiger partial charge on any atom is -0.504 e. The standard InChI is InChI=1S/C20H22N4O6/c1-11-6-15(26)19(28)20(30-11)13(12-4-5-14(25)16(7-12)29-3)8-18(27)21-9-17-22-10-24(2)23-17/h4-7,10,13,25,28H,8-9H2,1-3H3,(H,21,27)/t13-/m0/s1. The minimum absolute atomic E-state index is 0.0427. The summed E-state index contributed by atoms with van der Waals surface area (Å²) in [6, 6.07) is 5.66. The Labute approximate surface area is 171 Å². The molecule has 30 heavy (non-hydrogen) atoms. The van der Waals surface area contributed by atoms with Gasteiger partial charge in [0.2, 0.25) is 17.1 Å². The summed E-state index contributed by atoms with van der Waals surface area (Å²) in [6.07, 6.45) is 1.38. The van der Waals surface area contributed by atoms with E-state index in [4.69, 9.17) is 9.15 Å². The van der Waals surface area contributed by atoms with E-state index >= 15 is 0 Å². The van der Waals surface area contributed by atoms with Crippen molar-refractivity contribution in [3.63, 3.8) is 0 Å². The van der Waals surface area contributed by atoms with Crippen LogP contribution in [0.5, 0.6) is 17.2 Å². The third-order valence-electron chi connectivity index (χ3n) is 4.47. The number of phenolic OH excluding ortho intramolecular Hbond substituents is 1. The lowest BCUT2D eigenvalue weighted by atomic mass is 9.91. The second kappa shape index (κ2) is 8.68. The van der Waals surface area contributed by atoms with E-state index in [0.717, 1.165) is 0 Å². The topological polar surface area (TPSA) is 140 Å². The van der Waals surface area contributed by atoms with Crippen LogP contribution in [0.2, 0.25) is 0 Å². The molecule has 0 radical (unpaired) electrons. The predicted molar refractivity (Wildman–Crippen MR) is 105 cm³/mol. The number of rotatable bonds is 7. The highest BCUT2D eigenvalue weighted by atomic mass is 16.5. The molecule has 0 spiro atoms. The monoisotopic (exact) mass is 414 g/mol. The number of phenols is 1. The lowest BCUT2D eigenvalue weighted by Gasteiger charge is -2.18. The summed E-state index contributed by atoms with van der Waals surface area (Å²) in [6.45, 7) is 1.70. The second-order valence-corrected chi connectivity index (χ2v) is 6.73. The number of aromatic nitrogens is 3. The van der Waals surface area contributed by atoms with Crippen LogP contribution >= 0.6 is 0 Å². The molecule has 0 aliphatic carbocycles. The fourth-order valence-electron chi connectivity index (χ4n) is 3.03. The Hall–Kier alpha value is -3.82. The molecule has 0 saturated heterocycles. The zero-order valence-corrected chi connectivity index (χ0v) is 16.7. The van der Waals surface area contributed by atoms with E-state index in [9.17, 15) is 19.8 Å². The molecule has 0 saturated carbocycles. The molecule has 10 heteroatoms. The number of aryl methyl sites for hydroxylation is 2. The summed E-state index contributed by atoms with van der Waals surface area (Å²) in [7, 11) is 3.11. The number of carbonyl (C=O) groups excluding carboxylic acids is 1. The fourth-order valence-corrected chi connectivity index (χ4v) is 3.03. The Balaban J connectivity index is 1.93. The maximum atomic E-state index is 12.6. The van der Waals surface area contributed by atoms with Gasteiger partial charge in [-0.1, -0.05) is 6.07 Å². The Bertz CT molecular complexity index is 1120. The highest BCUT2D eigenvalue weighted by molar-refractivity contribution is 5.77. The fraction of sp³-hybridized carbons (Fsp3) is 0.300. The van der Waals surface area contributed by atoms with Crippen molar-refractivity contribution in [2.24, 2.45) is 7.05 Å². The van der Waals surface area contributed by atoms with Crippen molar-refractivity contribution in [2.75, 3.05) is 7.11 Å². The quantitative estimate of drug-likeness (QED) is 0.526. The molecule has 158 valence electrons. The lowest BCUT2D eigenvalue weighted by molar-refractivity contribution is -0.121. The predicted octanol–water partition coefficient (Wildman–Crippen LogP) is 1.33. The van der Waals surface area contributed by atoms with Crippen LogP contribution in [0, 0.1) is 6.92 Å². The number of nitrogens with one attached hydrogen (secondary N) is 1. The number of hydrogen-bond donors (Lipinski definition) is 3. The molecule has 1 aromatic carbocycles. The first kappa shape index (κ1) is 20.9. The van der Waals surface area contributed by atoms with Gasteiger partial charge in [0.1, 0.15) is 12.1 Å². The highest BCUT2D eigenvalue weighted by Crippen LogP contribution is 2.37. The van der Waals surface area contributed by atoms with E-state index in [1.54, 1.807) is 20.0 Å². The Morgan fingerprint density at radius 1 is 1.33 bits per heavy atom. The van der Waals surface area contributed by atoms with Gasteiger partial charge in [0.05, 0.1) is 19.6 Å². The summed E-state index contributed by atoms with van der Waals surface area (Å²) in [5.74, 6) is -0.950. The van der Waals surface area contributed by atoms with Gasteiger partial charge in [-0.15, -0.1) is 0 Å². The normalized spacial score (nSPS) is 11.8. The molecule has 3 N–H and O–H groups in total. The van der Waals surface area contributed by atoms with Gasteiger partial charge in [-0.3, -0.25) is 14.3 Å². The maximum Gasteiger partial charge on any atom is 0.227 e. The number of aromatic hydroxyl groups is 2. The first-order valence-electron chi connectivity index (χ1n) is 9.10.